The molecule has 2 rings (SSSR count). The summed E-state index contributed by atoms with van der Waals surface area (Å²) in [5, 5.41) is 7.65. The van der Waals surface area contributed by atoms with E-state index in [0.29, 0.717) is 5.75 Å². The minimum atomic E-state index is -0.321. The van der Waals surface area contributed by atoms with Crippen LogP contribution in [0, 0.1) is 0 Å². The summed E-state index contributed by atoms with van der Waals surface area (Å²) in [6, 6.07) is 1.51. The Morgan fingerprint density at radius 1 is 1.44 bits per heavy atom. The summed E-state index contributed by atoms with van der Waals surface area (Å²) in [5.41, 5.74) is 7.82. The van der Waals surface area contributed by atoms with Gasteiger partial charge in [-0.15, -0.1) is 5.10 Å². The maximum atomic E-state index is 6.13. The van der Waals surface area contributed by atoms with Crippen LogP contribution in [-0.2, 0) is 7.05 Å². The largest absolute Gasteiger partial charge is 0.495 e. The van der Waals surface area contributed by atoms with Gasteiger partial charge in [-0.3, -0.25) is 9.67 Å². The molecule has 0 aromatic carbocycles. The summed E-state index contributed by atoms with van der Waals surface area (Å²) < 4.78 is 6.86. The van der Waals surface area contributed by atoms with Crippen molar-refractivity contribution in [2.75, 3.05) is 7.11 Å². The SMILES string of the molecule is COc1cnccc1C(N)c1cnnn1C. The van der Waals surface area contributed by atoms with Crippen molar-refractivity contribution in [1.82, 2.24) is 20.0 Å². The Bertz CT molecular complexity index is 482. The first-order valence-electron chi connectivity index (χ1n) is 4.82. The summed E-state index contributed by atoms with van der Waals surface area (Å²) in [6.07, 6.45) is 4.96. The van der Waals surface area contributed by atoms with E-state index in [1.54, 1.807) is 37.4 Å². The van der Waals surface area contributed by atoms with Gasteiger partial charge in [0.1, 0.15) is 5.75 Å². The number of nitrogens with two attached hydrogens (primary N) is 1. The molecule has 0 fully saturated rings. The molecule has 0 spiro atoms. The van der Waals surface area contributed by atoms with Crippen molar-refractivity contribution in [3.05, 3.63) is 35.9 Å². The first-order valence-corrected chi connectivity index (χ1v) is 4.82. The zero-order valence-corrected chi connectivity index (χ0v) is 9.16. The van der Waals surface area contributed by atoms with E-state index in [-0.39, 0.29) is 6.04 Å². The van der Waals surface area contributed by atoms with Gasteiger partial charge >= 0.3 is 0 Å². The van der Waals surface area contributed by atoms with Crippen LogP contribution in [0.25, 0.3) is 0 Å². The van der Waals surface area contributed by atoms with Crippen molar-refractivity contribution in [2.24, 2.45) is 12.8 Å². The zero-order valence-electron chi connectivity index (χ0n) is 9.16. The van der Waals surface area contributed by atoms with Crippen LogP contribution in [0.1, 0.15) is 17.3 Å². The van der Waals surface area contributed by atoms with Crippen LogP contribution in [-0.4, -0.2) is 27.1 Å². The molecule has 16 heavy (non-hydrogen) atoms. The molecule has 0 aliphatic rings. The third-order valence-corrected chi connectivity index (χ3v) is 2.44. The number of hydrogen-bond acceptors (Lipinski definition) is 5. The van der Waals surface area contributed by atoms with Gasteiger partial charge in [0.25, 0.3) is 0 Å². The van der Waals surface area contributed by atoms with Crippen molar-refractivity contribution in [1.29, 1.82) is 0 Å². The number of aromatic nitrogens is 4. The predicted octanol–water partition coefficient (Wildman–Crippen LogP) is 0.267. The molecule has 6 heteroatoms. The molecular weight excluding hydrogens is 206 g/mol. The van der Waals surface area contributed by atoms with E-state index < -0.39 is 0 Å². The molecule has 1 unspecified atom stereocenters. The maximum Gasteiger partial charge on any atom is 0.142 e. The van der Waals surface area contributed by atoms with Crippen LogP contribution < -0.4 is 10.5 Å². The Morgan fingerprint density at radius 2 is 2.25 bits per heavy atom. The number of methoxy groups -OCH3 is 1. The van der Waals surface area contributed by atoms with E-state index in [1.807, 2.05) is 6.07 Å². The molecule has 0 amide bonds. The van der Waals surface area contributed by atoms with E-state index >= 15 is 0 Å². The lowest BCUT2D eigenvalue weighted by molar-refractivity contribution is 0.405. The van der Waals surface area contributed by atoms with E-state index in [4.69, 9.17) is 10.5 Å². The van der Waals surface area contributed by atoms with Gasteiger partial charge in [-0.1, -0.05) is 5.21 Å². The topological polar surface area (TPSA) is 78.8 Å². The minimum absolute atomic E-state index is 0.321. The Hall–Kier alpha value is -1.95. The summed E-state index contributed by atoms with van der Waals surface area (Å²) in [4.78, 5) is 3.98. The minimum Gasteiger partial charge on any atom is -0.495 e. The van der Waals surface area contributed by atoms with Crippen LogP contribution in [0.3, 0.4) is 0 Å². The highest BCUT2D eigenvalue weighted by Gasteiger charge is 2.17. The smallest absolute Gasteiger partial charge is 0.142 e. The number of aryl methyl sites for hydroxylation is 1. The van der Waals surface area contributed by atoms with Gasteiger partial charge in [0.15, 0.2) is 0 Å². The number of ether oxygens (including phenoxy) is 1. The quantitative estimate of drug-likeness (QED) is 0.801. The fraction of sp³-hybridized carbons (Fsp3) is 0.300. The average molecular weight is 219 g/mol. The monoisotopic (exact) mass is 219 g/mol. The number of hydrogen-bond donors (Lipinski definition) is 1. The first kappa shape index (κ1) is 10.6. The molecule has 0 aliphatic carbocycles. The van der Waals surface area contributed by atoms with E-state index in [1.165, 1.54) is 0 Å². The highest BCUT2D eigenvalue weighted by Crippen LogP contribution is 2.26. The van der Waals surface area contributed by atoms with Crippen LogP contribution in [0.2, 0.25) is 0 Å². The molecule has 2 aromatic heterocycles. The molecule has 0 bridgehead atoms. The normalized spacial score (nSPS) is 12.4. The van der Waals surface area contributed by atoms with Gasteiger partial charge in [0.05, 0.1) is 31.2 Å². The molecule has 1 atom stereocenters. The molecule has 0 saturated heterocycles. The average Bonchev–Trinajstić information content (AvgIpc) is 2.74. The second-order valence-corrected chi connectivity index (χ2v) is 3.38. The van der Waals surface area contributed by atoms with Gasteiger partial charge in [-0.2, -0.15) is 0 Å². The number of nitrogens with zero attached hydrogens (tertiary/aromatic N) is 4. The molecule has 0 aliphatic heterocycles. The van der Waals surface area contributed by atoms with Crippen LogP contribution in [0.15, 0.2) is 24.7 Å². The Balaban J connectivity index is 2.41. The maximum absolute atomic E-state index is 6.13. The van der Waals surface area contributed by atoms with Gasteiger partial charge in [-0.05, 0) is 6.07 Å². The van der Waals surface area contributed by atoms with Crippen molar-refractivity contribution in [3.63, 3.8) is 0 Å². The molecule has 6 nitrogen and oxygen atoms in total. The van der Waals surface area contributed by atoms with E-state index in [2.05, 4.69) is 15.3 Å². The fourth-order valence-electron chi connectivity index (χ4n) is 1.56. The molecule has 2 heterocycles. The molecule has 84 valence electrons. The third-order valence-electron chi connectivity index (χ3n) is 2.44. The lowest BCUT2D eigenvalue weighted by Crippen LogP contribution is -2.16. The lowest BCUT2D eigenvalue weighted by atomic mass is 10.1. The Labute approximate surface area is 93.1 Å². The predicted molar refractivity (Wildman–Crippen MR) is 57.8 cm³/mol. The lowest BCUT2D eigenvalue weighted by Gasteiger charge is -2.14. The molecular formula is C10H13N5O. The van der Waals surface area contributed by atoms with Crippen LogP contribution in [0.5, 0.6) is 5.75 Å². The summed E-state index contributed by atoms with van der Waals surface area (Å²) in [7, 11) is 3.39. The second-order valence-electron chi connectivity index (χ2n) is 3.38. The van der Waals surface area contributed by atoms with Crippen LogP contribution >= 0.6 is 0 Å². The number of rotatable bonds is 3. The summed E-state index contributed by atoms with van der Waals surface area (Å²) in [6.45, 7) is 0. The molecule has 2 aromatic rings. The zero-order chi connectivity index (χ0) is 11.5. The van der Waals surface area contributed by atoms with Crippen LogP contribution in [0.4, 0.5) is 0 Å². The molecule has 2 N–H and O–H groups in total. The Morgan fingerprint density at radius 3 is 2.88 bits per heavy atom. The van der Waals surface area contributed by atoms with E-state index in [0.717, 1.165) is 11.3 Å². The van der Waals surface area contributed by atoms with Crippen molar-refractivity contribution in [2.45, 2.75) is 6.04 Å². The summed E-state index contributed by atoms with van der Waals surface area (Å²) in [5.74, 6) is 0.663. The number of pyridine rings is 1. The molecule has 0 radical (unpaired) electrons. The highest BCUT2D eigenvalue weighted by molar-refractivity contribution is 5.36. The van der Waals surface area contributed by atoms with E-state index in [9.17, 15) is 0 Å². The fourth-order valence-corrected chi connectivity index (χ4v) is 1.56. The Kier molecular flexibility index (Phi) is 2.82. The van der Waals surface area contributed by atoms with Crippen molar-refractivity contribution in [3.8, 4) is 5.75 Å². The van der Waals surface area contributed by atoms with Crippen molar-refractivity contribution >= 4 is 0 Å². The standard InChI is InChI=1S/C10H13N5O/c1-15-8(5-13-14-15)10(11)7-3-4-12-6-9(7)16-2/h3-6,10H,11H2,1-2H3. The van der Waals surface area contributed by atoms with Gasteiger partial charge in [-0.25, -0.2) is 0 Å². The summed E-state index contributed by atoms with van der Waals surface area (Å²) >= 11 is 0. The first-order chi connectivity index (χ1) is 7.74. The van der Waals surface area contributed by atoms with Crippen molar-refractivity contribution < 1.29 is 4.74 Å². The van der Waals surface area contributed by atoms with Gasteiger partial charge in [0, 0.05) is 18.8 Å². The highest BCUT2D eigenvalue weighted by atomic mass is 16.5. The van der Waals surface area contributed by atoms with Gasteiger partial charge in [0.2, 0.25) is 0 Å². The third kappa shape index (κ3) is 1.74. The molecule has 0 saturated carbocycles. The van der Waals surface area contributed by atoms with Gasteiger partial charge < -0.3 is 10.5 Å². The second kappa shape index (κ2) is 4.28.